The lowest BCUT2D eigenvalue weighted by Crippen LogP contribution is -2.23. The van der Waals surface area contributed by atoms with Crippen LogP contribution in [0.15, 0.2) is 67.3 Å². The Morgan fingerprint density at radius 1 is 1.08 bits per heavy atom. The summed E-state index contributed by atoms with van der Waals surface area (Å²) in [5.41, 5.74) is 10.9. The Labute approximate surface area is 226 Å². The minimum atomic E-state index is -0.200. The van der Waals surface area contributed by atoms with Crippen molar-refractivity contribution in [2.24, 2.45) is 0 Å². The lowest BCUT2D eigenvalue weighted by molar-refractivity contribution is 0.0946. The van der Waals surface area contributed by atoms with Gasteiger partial charge in [-0.25, -0.2) is 9.97 Å². The zero-order valence-corrected chi connectivity index (χ0v) is 22.1. The summed E-state index contributed by atoms with van der Waals surface area (Å²) in [4.78, 5) is 22.0. The maximum absolute atomic E-state index is 13.1. The number of benzene rings is 2. The molecule has 1 saturated carbocycles. The number of nitrogens with one attached hydrogen (secondary N) is 1. The lowest BCUT2D eigenvalue weighted by atomic mass is 10.1. The minimum absolute atomic E-state index is 0.200. The molecule has 6 rings (SSSR count). The first kappa shape index (κ1) is 24.7. The number of rotatable bonds is 9. The van der Waals surface area contributed by atoms with Crippen molar-refractivity contribution in [1.82, 2.24) is 29.6 Å². The van der Waals surface area contributed by atoms with Gasteiger partial charge in [0.25, 0.3) is 5.91 Å². The predicted octanol–water partition coefficient (Wildman–Crippen LogP) is 4.43. The molecule has 0 radical (unpaired) electrons. The third-order valence-corrected chi connectivity index (χ3v) is 7.05. The highest BCUT2D eigenvalue weighted by Gasteiger charge is 2.30. The molecule has 0 saturated heterocycles. The van der Waals surface area contributed by atoms with Gasteiger partial charge in [0.15, 0.2) is 0 Å². The number of aromatic nitrogens is 5. The number of nitrogen functional groups attached to an aromatic ring is 1. The third-order valence-electron chi connectivity index (χ3n) is 7.05. The molecule has 1 fully saturated rings. The topological polar surface area (TPSA) is 113 Å². The van der Waals surface area contributed by atoms with Crippen molar-refractivity contribution in [3.63, 3.8) is 0 Å². The van der Waals surface area contributed by atoms with Crippen LogP contribution in [0.5, 0.6) is 5.75 Å². The Bertz CT molecular complexity index is 1650. The quantitative estimate of drug-likeness (QED) is 0.297. The first-order valence-electron chi connectivity index (χ1n) is 13.1. The van der Waals surface area contributed by atoms with Crippen molar-refractivity contribution in [2.45, 2.75) is 45.3 Å². The van der Waals surface area contributed by atoms with Gasteiger partial charge in [-0.05, 0) is 65.6 Å². The van der Waals surface area contributed by atoms with Crippen molar-refractivity contribution in [3.8, 4) is 5.75 Å². The van der Waals surface area contributed by atoms with E-state index in [1.807, 2.05) is 48.4 Å². The van der Waals surface area contributed by atoms with Crippen LogP contribution in [0.3, 0.4) is 0 Å². The number of nitrogens with zero attached hydrogens (tertiary/aromatic N) is 5. The zero-order valence-electron chi connectivity index (χ0n) is 22.1. The van der Waals surface area contributed by atoms with E-state index in [4.69, 9.17) is 15.5 Å². The van der Waals surface area contributed by atoms with E-state index in [9.17, 15) is 4.79 Å². The Balaban J connectivity index is 1.15. The molecule has 5 aromatic rings. The number of pyridine rings is 1. The Hall–Kier alpha value is -4.66. The third kappa shape index (κ3) is 5.34. The number of carbonyl (C=O) groups is 1. The molecule has 198 valence electrons. The number of hydrogen-bond donors (Lipinski definition) is 2. The molecule has 1 amide bonds. The minimum Gasteiger partial charge on any atom is -0.496 e. The van der Waals surface area contributed by atoms with Crippen molar-refractivity contribution < 1.29 is 9.53 Å². The Morgan fingerprint density at radius 2 is 1.85 bits per heavy atom. The van der Waals surface area contributed by atoms with E-state index in [2.05, 4.69) is 44.2 Å². The van der Waals surface area contributed by atoms with Crippen molar-refractivity contribution >= 4 is 22.5 Å². The molecule has 0 atom stereocenters. The van der Waals surface area contributed by atoms with Crippen LogP contribution in [0.25, 0.3) is 10.8 Å². The number of fused-ring (bicyclic) bond motifs is 1. The van der Waals surface area contributed by atoms with E-state index in [1.165, 1.54) is 11.1 Å². The summed E-state index contributed by atoms with van der Waals surface area (Å²) in [5.74, 6) is 2.24. The highest BCUT2D eigenvalue weighted by atomic mass is 16.5. The van der Waals surface area contributed by atoms with Crippen LogP contribution in [0.2, 0.25) is 0 Å². The first-order chi connectivity index (χ1) is 19.0. The van der Waals surface area contributed by atoms with Crippen LogP contribution in [0, 0.1) is 6.92 Å². The number of imidazole rings is 1. The fourth-order valence-electron chi connectivity index (χ4n) is 4.92. The number of amides is 1. The molecule has 2 aromatic carbocycles. The maximum atomic E-state index is 13.1. The normalized spacial score (nSPS) is 13.1. The molecule has 0 spiro atoms. The number of ether oxygens (including phenoxy) is 1. The molecule has 0 bridgehead atoms. The van der Waals surface area contributed by atoms with Crippen LogP contribution in [0.1, 0.15) is 57.3 Å². The summed E-state index contributed by atoms with van der Waals surface area (Å²) in [6.07, 6.45) is 9.66. The van der Waals surface area contributed by atoms with E-state index in [-0.39, 0.29) is 5.91 Å². The Morgan fingerprint density at radius 3 is 2.54 bits per heavy atom. The monoisotopic (exact) mass is 521 g/mol. The van der Waals surface area contributed by atoms with E-state index < -0.39 is 0 Å². The van der Waals surface area contributed by atoms with E-state index in [1.54, 1.807) is 13.3 Å². The highest BCUT2D eigenvalue weighted by molar-refractivity contribution is 5.97. The first-order valence-corrected chi connectivity index (χ1v) is 13.1. The molecule has 0 aliphatic heterocycles. The van der Waals surface area contributed by atoms with Gasteiger partial charge in [-0.3, -0.25) is 9.48 Å². The molecular weight excluding hydrogens is 490 g/mol. The lowest BCUT2D eigenvalue weighted by Gasteiger charge is -2.11. The number of methoxy groups -OCH3 is 1. The number of nitrogens with two attached hydrogens (primary N) is 1. The second-order valence-corrected chi connectivity index (χ2v) is 10.2. The molecule has 1 aliphatic rings. The van der Waals surface area contributed by atoms with E-state index >= 15 is 0 Å². The van der Waals surface area contributed by atoms with Gasteiger partial charge in [0.2, 0.25) is 0 Å². The van der Waals surface area contributed by atoms with Crippen molar-refractivity contribution in [3.05, 3.63) is 101 Å². The highest BCUT2D eigenvalue weighted by Crippen LogP contribution is 2.39. The number of hydrogen-bond acceptors (Lipinski definition) is 6. The summed E-state index contributed by atoms with van der Waals surface area (Å²) >= 11 is 0. The van der Waals surface area contributed by atoms with Crippen LogP contribution in [0.4, 0.5) is 5.82 Å². The van der Waals surface area contributed by atoms with Gasteiger partial charge in [-0.15, -0.1) is 0 Å². The molecule has 1 aliphatic carbocycles. The maximum Gasteiger partial charge on any atom is 0.271 e. The standard InChI is InChI=1S/C30H31N7O2/c1-19-13-34-37(15-19)17-21-5-3-20(4-6-21)16-36-18-25(35-29(36)23-7-8-23)30(38)33-14-22-11-24-9-10-32-28(31)27(24)26(12-22)39-2/h3-6,9-13,15,18,23H,7-8,14,16-17H2,1-2H3,(H2,31,32)(H,33,38). The van der Waals surface area contributed by atoms with E-state index in [0.717, 1.165) is 47.1 Å². The van der Waals surface area contributed by atoms with Gasteiger partial charge < -0.3 is 20.4 Å². The van der Waals surface area contributed by atoms with Crippen LogP contribution >= 0.6 is 0 Å². The van der Waals surface area contributed by atoms with E-state index in [0.29, 0.717) is 36.3 Å². The molecule has 39 heavy (non-hydrogen) atoms. The van der Waals surface area contributed by atoms with Gasteiger partial charge in [0.1, 0.15) is 23.1 Å². The van der Waals surface area contributed by atoms with Crippen molar-refractivity contribution in [2.75, 3.05) is 12.8 Å². The van der Waals surface area contributed by atoms with Crippen LogP contribution < -0.4 is 15.8 Å². The fourth-order valence-corrected chi connectivity index (χ4v) is 4.92. The molecule has 9 nitrogen and oxygen atoms in total. The Kier molecular flexibility index (Phi) is 6.48. The largest absolute Gasteiger partial charge is 0.496 e. The molecular formula is C30H31N7O2. The van der Waals surface area contributed by atoms with Crippen LogP contribution in [-0.2, 0) is 19.6 Å². The summed E-state index contributed by atoms with van der Waals surface area (Å²) in [6, 6.07) is 14.3. The van der Waals surface area contributed by atoms with Gasteiger partial charge in [0, 0.05) is 37.6 Å². The average molecular weight is 522 g/mol. The van der Waals surface area contributed by atoms with Gasteiger partial charge in [-0.2, -0.15) is 5.10 Å². The van der Waals surface area contributed by atoms with Crippen LogP contribution in [-0.4, -0.2) is 37.3 Å². The summed E-state index contributed by atoms with van der Waals surface area (Å²) in [5, 5.41) is 9.07. The number of anilines is 1. The molecule has 9 heteroatoms. The second kappa shape index (κ2) is 10.2. The molecule has 3 heterocycles. The number of carbonyl (C=O) groups excluding carboxylic acids is 1. The van der Waals surface area contributed by atoms with Gasteiger partial charge in [-0.1, -0.05) is 24.3 Å². The fraction of sp³-hybridized carbons (Fsp3) is 0.267. The molecule has 0 unspecified atom stereocenters. The molecule has 3 N–H and O–H groups in total. The second-order valence-electron chi connectivity index (χ2n) is 10.2. The summed E-state index contributed by atoms with van der Waals surface area (Å²) in [6.45, 7) is 3.80. The smallest absolute Gasteiger partial charge is 0.271 e. The van der Waals surface area contributed by atoms with Crippen molar-refractivity contribution in [1.29, 1.82) is 0 Å². The zero-order chi connectivity index (χ0) is 26.9. The number of aryl methyl sites for hydroxylation is 1. The van der Waals surface area contributed by atoms with Gasteiger partial charge in [0.05, 0.1) is 25.2 Å². The van der Waals surface area contributed by atoms with Gasteiger partial charge >= 0.3 is 0 Å². The molecule has 3 aromatic heterocycles. The SMILES string of the molecule is COc1cc(CNC(=O)c2cn(Cc3ccc(Cn4cc(C)cn4)cc3)c(C3CC3)n2)cc2ccnc(N)c12. The predicted molar refractivity (Wildman–Crippen MR) is 150 cm³/mol. The average Bonchev–Trinajstić information content (AvgIpc) is 3.57. The summed E-state index contributed by atoms with van der Waals surface area (Å²) in [7, 11) is 1.60. The summed E-state index contributed by atoms with van der Waals surface area (Å²) < 4.78 is 9.59.